The maximum atomic E-state index is 12.9. The van der Waals surface area contributed by atoms with Gasteiger partial charge in [0.05, 0.1) is 12.2 Å². The van der Waals surface area contributed by atoms with Crippen molar-refractivity contribution in [1.82, 2.24) is 19.5 Å². The van der Waals surface area contributed by atoms with Crippen LogP contribution in [0.25, 0.3) is 5.65 Å². The van der Waals surface area contributed by atoms with Crippen LogP contribution < -0.4 is 0 Å². The lowest BCUT2D eigenvalue weighted by atomic mass is 10.1. The molecule has 1 saturated heterocycles. The lowest BCUT2D eigenvalue weighted by Crippen LogP contribution is -2.30. The van der Waals surface area contributed by atoms with Gasteiger partial charge in [0.2, 0.25) is 0 Å². The summed E-state index contributed by atoms with van der Waals surface area (Å²) in [5.41, 5.74) is 1.21. The molecule has 21 heavy (non-hydrogen) atoms. The van der Waals surface area contributed by atoms with Gasteiger partial charge in [0.25, 0.3) is 5.91 Å². The van der Waals surface area contributed by atoms with Crippen LogP contribution in [0.1, 0.15) is 34.1 Å². The highest BCUT2D eigenvalue weighted by Gasteiger charge is 2.32. The van der Waals surface area contributed by atoms with Crippen LogP contribution >= 0.6 is 11.3 Å². The number of likely N-dealkylation sites (tertiary alicyclic amines) is 1. The van der Waals surface area contributed by atoms with Crippen LogP contribution in [0.2, 0.25) is 0 Å². The topological polar surface area (TPSA) is 50.5 Å². The maximum Gasteiger partial charge on any atom is 0.259 e. The summed E-state index contributed by atoms with van der Waals surface area (Å²) in [5.74, 6) is 0.0274. The Balaban J connectivity index is 1.71. The van der Waals surface area contributed by atoms with E-state index in [4.69, 9.17) is 0 Å². The van der Waals surface area contributed by atoms with E-state index in [9.17, 15) is 4.79 Å². The Bertz CT molecular complexity index is 780. The molecule has 0 aliphatic carbocycles. The fraction of sp³-hybridized carbons (Fsp3) is 0.267. The van der Waals surface area contributed by atoms with Gasteiger partial charge in [-0.3, -0.25) is 4.79 Å². The summed E-state index contributed by atoms with van der Waals surface area (Å²) in [6.45, 7) is 0.797. The van der Waals surface area contributed by atoms with Crippen molar-refractivity contribution in [2.75, 3.05) is 6.54 Å². The first-order chi connectivity index (χ1) is 10.3. The molecule has 4 heterocycles. The van der Waals surface area contributed by atoms with Crippen molar-refractivity contribution in [1.29, 1.82) is 0 Å². The number of amides is 1. The Kier molecular flexibility index (Phi) is 2.96. The Morgan fingerprint density at radius 2 is 2.33 bits per heavy atom. The molecule has 3 aromatic rings. The summed E-state index contributed by atoms with van der Waals surface area (Å²) in [7, 11) is 0. The summed E-state index contributed by atoms with van der Waals surface area (Å²) in [5, 5.41) is 6.27. The molecule has 1 atom stereocenters. The lowest BCUT2D eigenvalue weighted by molar-refractivity contribution is 0.0739. The number of aromatic nitrogens is 3. The normalized spacial score (nSPS) is 18.5. The van der Waals surface area contributed by atoms with Crippen molar-refractivity contribution < 1.29 is 4.79 Å². The summed E-state index contributed by atoms with van der Waals surface area (Å²) in [6, 6.07) is 6.14. The fourth-order valence-electron chi connectivity index (χ4n) is 2.92. The molecule has 4 rings (SSSR count). The van der Waals surface area contributed by atoms with Crippen molar-refractivity contribution in [2.45, 2.75) is 18.9 Å². The highest BCUT2D eigenvalue weighted by molar-refractivity contribution is 7.10. The van der Waals surface area contributed by atoms with E-state index in [-0.39, 0.29) is 11.9 Å². The number of carbonyl (C=O) groups excluding carboxylic acids is 1. The van der Waals surface area contributed by atoms with Gasteiger partial charge in [-0.1, -0.05) is 6.07 Å². The van der Waals surface area contributed by atoms with Crippen LogP contribution in [-0.2, 0) is 0 Å². The van der Waals surface area contributed by atoms with Crippen LogP contribution in [-0.4, -0.2) is 31.9 Å². The van der Waals surface area contributed by atoms with E-state index in [1.54, 1.807) is 40.5 Å². The van der Waals surface area contributed by atoms with Gasteiger partial charge in [-0.25, -0.2) is 9.50 Å². The number of hydrogen-bond donors (Lipinski definition) is 0. The first kappa shape index (κ1) is 12.5. The summed E-state index contributed by atoms with van der Waals surface area (Å²) in [6.07, 6.45) is 7.18. The minimum atomic E-state index is 0.0274. The molecular weight excluding hydrogens is 284 g/mol. The molecule has 1 aliphatic heterocycles. The zero-order valence-electron chi connectivity index (χ0n) is 11.3. The van der Waals surface area contributed by atoms with Gasteiger partial charge in [0, 0.05) is 23.8 Å². The maximum absolute atomic E-state index is 12.9. The van der Waals surface area contributed by atoms with Crippen LogP contribution in [0.4, 0.5) is 0 Å². The molecule has 0 aromatic carbocycles. The van der Waals surface area contributed by atoms with Gasteiger partial charge < -0.3 is 4.90 Å². The molecule has 0 N–H and O–H groups in total. The van der Waals surface area contributed by atoms with Gasteiger partial charge in [-0.15, -0.1) is 11.3 Å². The quantitative estimate of drug-likeness (QED) is 0.731. The smallest absolute Gasteiger partial charge is 0.259 e. The van der Waals surface area contributed by atoms with Gasteiger partial charge in [-0.05, 0) is 30.4 Å². The van der Waals surface area contributed by atoms with Crippen LogP contribution in [0.3, 0.4) is 0 Å². The molecule has 0 spiro atoms. The molecule has 5 nitrogen and oxygen atoms in total. The standard InChI is InChI=1S/C15H14N4OS/c20-15(11-10-17-19-8-3-6-16-14(11)19)18-7-1-4-12(18)13-5-2-9-21-13/h2-3,5-6,8-10,12H,1,4,7H2/t12-/m1/s1. The van der Waals surface area contributed by atoms with E-state index >= 15 is 0 Å². The molecular formula is C15H14N4OS. The SMILES string of the molecule is O=C(c1cnn2cccnc12)N1CCC[C@@H]1c1cccs1. The molecule has 0 bridgehead atoms. The fourth-order valence-corrected chi connectivity index (χ4v) is 3.79. The monoisotopic (exact) mass is 298 g/mol. The zero-order chi connectivity index (χ0) is 14.2. The van der Waals surface area contributed by atoms with E-state index < -0.39 is 0 Å². The predicted octanol–water partition coefficient (Wildman–Crippen LogP) is 2.77. The summed E-state index contributed by atoms with van der Waals surface area (Å²) < 4.78 is 1.64. The Hall–Kier alpha value is -2.21. The molecule has 1 amide bonds. The van der Waals surface area contributed by atoms with E-state index in [1.165, 1.54) is 4.88 Å². The summed E-state index contributed by atoms with van der Waals surface area (Å²) >= 11 is 1.71. The molecule has 106 valence electrons. The zero-order valence-corrected chi connectivity index (χ0v) is 12.2. The number of fused-ring (bicyclic) bond motifs is 1. The van der Waals surface area contributed by atoms with Gasteiger partial charge in [0.1, 0.15) is 5.56 Å². The van der Waals surface area contributed by atoms with Crippen molar-refractivity contribution in [3.8, 4) is 0 Å². The molecule has 0 radical (unpaired) electrons. The van der Waals surface area contributed by atoms with Crippen molar-refractivity contribution >= 4 is 22.9 Å². The average Bonchev–Trinajstić information content (AvgIpc) is 3.25. The number of hydrogen-bond acceptors (Lipinski definition) is 4. The van der Waals surface area contributed by atoms with Gasteiger partial charge >= 0.3 is 0 Å². The highest BCUT2D eigenvalue weighted by Crippen LogP contribution is 2.35. The van der Waals surface area contributed by atoms with Crippen LogP contribution in [0.15, 0.2) is 42.2 Å². The Morgan fingerprint density at radius 3 is 3.19 bits per heavy atom. The van der Waals surface area contributed by atoms with E-state index in [0.29, 0.717) is 11.2 Å². The van der Waals surface area contributed by atoms with Crippen molar-refractivity contribution in [3.05, 3.63) is 52.6 Å². The molecule has 6 heteroatoms. The van der Waals surface area contributed by atoms with Gasteiger partial charge in [0.15, 0.2) is 5.65 Å². The van der Waals surface area contributed by atoms with Gasteiger partial charge in [-0.2, -0.15) is 5.10 Å². The predicted molar refractivity (Wildman–Crippen MR) is 80.3 cm³/mol. The third kappa shape index (κ3) is 2.03. The third-order valence-electron chi connectivity index (χ3n) is 3.89. The lowest BCUT2D eigenvalue weighted by Gasteiger charge is -2.23. The Labute approximate surface area is 125 Å². The highest BCUT2D eigenvalue weighted by atomic mass is 32.1. The number of nitrogens with zero attached hydrogens (tertiary/aromatic N) is 4. The van der Waals surface area contributed by atoms with E-state index in [2.05, 4.69) is 21.5 Å². The second-order valence-electron chi connectivity index (χ2n) is 5.12. The van der Waals surface area contributed by atoms with E-state index in [0.717, 1.165) is 19.4 Å². The number of rotatable bonds is 2. The molecule has 1 fully saturated rings. The summed E-state index contributed by atoms with van der Waals surface area (Å²) in [4.78, 5) is 20.4. The number of carbonyl (C=O) groups is 1. The minimum Gasteiger partial charge on any atom is -0.331 e. The molecule has 3 aromatic heterocycles. The first-order valence-electron chi connectivity index (χ1n) is 6.97. The third-order valence-corrected chi connectivity index (χ3v) is 4.87. The Morgan fingerprint density at radius 1 is 1.38 bits per heavy atom. The van der Waals surface area contributed by atoms with Crippen molar-refractivity contribution in [3.63, 3.8) is 0 Å². The average molecular weight is 298 g/mol. The van der Waals surface area contributed by atoms with Crippen molar-refractivity contribution in [2.24, 2.45) is 0 Å². The second kappa shape index (κ2) is 4.96. The molecule has 0 saturated carbocycles. The van der Waals surface area contributed by atoms with Crippen LogP contribution in [0, 0.1) is 0 Å². The van der Waals surface area contributed by atoms with Crippen LogP contribution in [0.5, 0.6) is 0 Å². The molecule has 1 aliphatic rings. The largest absolute Gasteiger partial charge is 0.331 e. The minimum absolute atomic E-state index is 0.0274. The number of thiophene rings is 1. The van der Waals surface area contributed by atoms with E-state index in [1.807, 2.05) is 11.0 Å². The second-order valence-corrected chi connectivity index (χ2v) is 6.10. The first-order valence-corrected chi connectivity index (χ1v) is 7.85. The molecule has 0 unspecified atom stereocenters.